The van der Waals surface area contributed by atoms with E-state index in [1.54, 1.807) is 0 Å². The highest BCUT2D eigenvalue weighted by molar-refractivity contribution is 5.32. The van der Waals surface area contributed by atoms with E-state index >= 15 is 0 Å². The van der Waals surface area contributed by atoms with E-state index in [0.29, 0.717) is 0 Å². The number of nitrogens with one attached hydrogen (secondary N) is 2. The maximum absolute atomic E-state index is 5.87. The lowest BCUT2D eigenvalue weighted by molar-refractivity contribution is 0.274. The molecule has 0 aromatic heterocycles. The number of nitrogens with two attached hydrogens (primary N) is 1. The first-order valence-corrected chi connectivity index (χ1v) is 6.27. The smallest absolute Gasteiger partial charge is 0.0573 e. The van der Waals surface area contributed by atoms with Crippen molar-refractivity contribution in [3.63, 3.8) is 0 Å². The Hall–Kier alpha value is -0.840. The van der Waals surface area contributed by atoms with Crippen LogP contribution >= 0.6 is 0 Å². The molecule has 0 amide bonds. The fraction of sp³-hybridized carbons (Fsp3) is 0.692. The Kier molecular flexibility index (Phi) is 5.18. The molecule has 1 rings (SSSR count). The third kappa shape index (κ3) is 3.56. The topological polar surface area (TPSA) is 53.3 Å². The first kappa shape index (κ1) is 14.2. The van der Waals surface area contributed by atoms with E-state index in [1.165, 1.54) is 0 Å². The van der Waals surface area contributed by atoms with Crippen LogP contribution in [-0.2, 0) is 0 Å². The lowest BCUT2D eigenvalue weighted by atomic mass is 9.82. The molecule has 0 spiro atoms. The number of rotatable bonds is 6. The summed E-state index contributed by atoms with van der Waals surface area (Å²) in [6, 6.07) is 0.243. The standard InChI is InChI=1S/C13H26N4/c1-5-16-13(8-9-17(3)4)7-6-11(14)10-12(13)15-2/h6-7,10,12,15-16H,5,8-9,14H2,1-4H3. The van der Waals surface area contributed by atoms with Crippen LogP contribution in [0.25, 0.3) is 0 Å². The SMILES string of the molecule is CCNC1(CCN(C)C)C=CC(N)=CC1NC. The molecule has 0 aromatic rings. The highest BCUT2D eigenvalue weighted by Crippen LogP contribution is 2.24. The zero-order valence-corrected chi connectivity index (χ0v) is 11.5. The van der Waals surface area contributed by atoms with Crippen LogP contribution < -0.4 is 16.4 Å². The van der Waals surface area contributed by atoms with Crippen LogP contribution in [0.4, 0.5) is 0 Å². The molecule has 0 saturated heterocycles. The molecule has 0 aromatic carbocycles. The quantitative estimate of drug-likeness (QED) is 0.622. The van der Waals surface area contributed by atoms with Gasteiger partial charge in [-0.3, -0.25) is 0 Å². The van der Waals surface area contributed by atoms with Crippen molar-refractivity contribution in [3.8, 4) is 0 Å². The van der Waals surface area contributed by atoms with Crippen LogP contribution in [0.1, 0.15) is 13.3 Å². The summed E-state index contributed by atoms with van der Waals surface area (Å²) in [4.78, 5) is 2.21. The Labute approximate surface area is 105 Å². The predicted molar refractivity (Wildman–Crippen MR) is 73.8 cm³/mol. The van der Waals surface area contributed by atoms with Crippen molar-refractivity contribution < 1.29 is 0 Å². The molecule has 1 aliphatic rings. The monoisotopic (exact) mass is 238 g/mol. The first-order chi connectivity index (χ1) is 8.04. The van der Waals surface area contributed by atoms with Crippen molar-refractivity contribution in [3.05, 3.63) is 23.9 Å². The molecule has 0 saturated carbocycles. The lowest BCUT2D eigenvalue weighted by Crippen LogP contribution is -2.59. The summed E-state index contributed by atoms with van der Waals surface area (Å²) in [6.45, 7) is 4.13. The van der Waals surface area contributed by atoms with Gasteiger partial charge in [0.1, 0.15) is 0 Å². The Balaban J connectivity index is 2.85. The van der Waals surface area contributed by atoms with Crippen molar-refractivity contribution in [1.29, 1.82) is 0 Å². The number of likely N-dealkylation sites (N-methyl/N-ethyl adjacent to an activating group) is 2. The number of allylic oxidation sites excluding steroid dienone is 1. The fourth-order valence-electron chi connectivity index (χ4n) is 2.32. The van der Waals surface area contributed by atoms with E-state index in [-0.39, 0.29) is 11.6 Å². The summed E-state index contributed by atoms with van der Waals surface area (Å²) in [5, 5.41) is 6.94. The maximum Gasteiger partial charge on any atom is 0.0573 e. The molecule has 17 heavy (non-hydrogen) atoms. The summed E-state index contributed by atoms with van der Waals surface area (Å²) < 4.78 is 0. The zero-order chi connectivity index (χ0) is 12.9. The number of hydrogen-bond acceptors (Lipinski definition) is 4. The Bertz CT molecular complexity index is 296. The van der Waals surface area contributed by atoms with Crippen molar-refractivity contribution in [2.24, 2.45) is 5.73 Å². The van der Waals surface area contributed by atoms with Crippen molar-refractivity contribution in [2.75, 3.05) is 34.2 Å². The second-order valence-electron chi connectivity index (χ2n) is 4.89. The van der Waals surface area contributed by atoms with E-state index in [0.717, 1.165) is 25.2 Å². The van der Waals surface area contributed by atoms with Gasteiger partial charge in [-0.05, 0) is 52.8 Å². The van der Waals surface area contributed by atoms with Gasteiger partial charge in [-0.2, -0.15) is 0 Å². The summed E-state index contributed by atoms with van der Waals surface area (Å²) in [6.07, 6.45) is 7.36. The Morgan fingerprint density at radius 1 is 1.47 bits per heavy atom. The average Bonchev–Trinajstić information content (AvgIpc) is 2.29. The zero-order valence-electron chi connectivity index (χ0n) is 11.5. The highest BCUT2D eigenvalue weighted by Gasteiger charge is 2.35. The Morgan fingerprint density at radius 2 is 2.18 bits per heavy atom. The van der Waals surface area contributed by atoms with Gasteiger partial charge in [0.2, 0.25) is 0 Å². The molecule has 4 heteroatoms. The van der Waals surface area contributed by atoms with E-state index in [9.17, 15) is 0 Å². The lowest BCUT2D eigenvalue weighted by Gasteiger charge is -2.40. The fourth-order valence-corrected chi connectivity index (χ4v) is 2.32. The molecule has 0 aliphatic heterocycles. The maximum atomic E-state index is 5.87. The highest BCUT2D eigenvalue weighted by atomic mass is 15.1. The molecule has 0 fully saturated rings. The molecule has 0 heterocycles. The van der Waals surface area contributed by atoms with Crippen molar-refractivity contribution in [2.45, 2.75) is 24.9 Å². The minimum absolute atomic E-state index is 0.0311. The third-order valence-electron chi connectivity index (χ3n) is 3.28. The Morgan fingerprint density at radius 3 is 2.71 bits per heavy atom. The van der Waals surface area contributed by atoms with Gasteiger partial charge in [0, 0.05) is 11.7 Å². The van der Waals surface area contributed by atoms with Gasteiger partial charge in [-0.15, -0.1) is 0 Å². The van der Waals surface area contributed by atoms with Gasteiger partial charge in [0.15, 0.2) is 0 Å². The molecule has 0 bridgehead atoms. The van der Waals surface area contributed by atoms with Crippen molar-refractivity contribution >= 4 is 0 Å². The van der Waals surface area contributed by atoms with Gasteiger partial charge in [0.05, 0.1) is 5.54 Å². The molecule has 98 valence electrons. The van der Waals surface area contributed by atoms with Crippen LogP contribution in [0, 0.1) is 0 Å². The van der Waals surface area contributed by atoms with Crippen LogP contribution in [-0.4, -0.2) is 50.7 Å². The minimum Gasteiger partial charge on any atom is -0.399 e. The molecule has 4 N–H and O–H groups in total. The van der Waals surface area contributed by atoms with E-state index in [2.05, 4.69) is 48.7 Å². The van der Waals surface area contributed by atoms with Crippen LogP contribution in [0.3, 0.4) is 0 Å². The number of hydrogen-bond donors (Lipinski definition) is 3. The second kappa shape index (κ2) is 6.19. The summed E-state index contributed by atoms with van der Waals surface area (Å²) in [5.41, 5.74) is 6.67. The van der Waals surface area contributed by atoms with Crippen LogP contribution in [0.15, 0.2) is 23.9 Å². The normalized spacial score (nSPS) is 28.5. The summed E-state index contributed by atoms with van der Waals surface area (Å²) in [7, 11) is 6.19. The van der Waals surface area contributed by atoms with Crippen LogP contribution in [0.5, 0.6) is 0 Å². The molecular formula is C13H26N4. The predicted octanol–water partition coefficient (Wildman–Crippen LogP) is 0.287. The third-order valence-corrected chi connectivity index (χ3v) is 3.28. The van der Waals surface area contributed by atoms with E-state index < -0.39 is 0 Å². The second-order valence-corrected chi connectivity index (χ2v) is 4.89. The summed E-state index contributed by atoms with van der Waals surface area (Å²) in [5.74, 6) is 0. The average molecular weight is 238 g/mol. The van der Waals surface area contributed by atoms with Gasteiger partial charge in [0.25, 0.3) is 0 Å². The largest absolute Gasteiger partial charge is 0.399 e. The van der Waals surface area contributed by atoms with Gasteiger partial charge >= 0.3 is 0 Å². The molecular weight excluding hydrogens is 212 g/mol. The molecule has 2 atom stereocenters. The minimum atomic E-state index is -0.0311. The molecule has 0 radical (unpaired) electrons. The summed E-state index contributed by atoms with van der Waals surface area (Å²) >= 11 is 0. The number of nitrogens with zero attached hydrogens (tertiary/aromatic N) is 1. The first-order valence-electron chi connectivity index (χ1n) is 6.27. The van der Waals surface area contributed by atoms with E-state index in [1.807, 2.05) is 13.1 Å². The van der Waals surface area contributed by atoms with Crippen molar-refractivity contribution in [1.82, 2.24) is 15.5 Å². The molecule has 2 unspecified atom stereocenters. The van der Waals surface area contributed by atoms with Crippen LogP contribution in [0.2, 0.25) is 0 Å². The molecule has 1 aliphatic carbocycles. The molecule has 4 nitrogen and oxygen atoms in total. The van der Waals surface area contributed by atoms with Gasteiger partial charge in [-0.1, -0.05) is 13.0 Å². The van der Waals surface area contributed by atoms with Gasteiger partial charge in [-0.25, -0.2) is 0 Å². The van der Waals surface area contributed by atoms with E-state index in [4.69, 9.17) is 5.73 Å². The van der Waals surface area contributed by atoms with Gasteiger partial charge < -0.3 is 21.3 Å².